The molecule has 0 atom stereocenters. The molecule has 0 fully saturated rings. The lowest BCUT2D eigenvalue weighted by Crippen LogP contribution is -1.98. The smallest absolute Gasteiger partial charge is 0.345 e. The summed E-state index contributed by atoms with van der Waals surface area (Å²) >= 11 is 1.24. The molecule has 0 amide bonds. The van der Waals surface area contributed by atoms with Gasteiger partial charge in [0.25, 0.3) is 0 Å². The Morgan fingerprint density at radius 1 is 1.38 bits per heavy atom. The van der Waals surface area contributed by atoms with E-state index in [0.29, 0.717) is 10.3 Å². The fraction of sp³-hybridized carbons (Fsp3) is 0. The number of hydrogen-bond acceptors (Lipinski definition) is 2. The Balaban J connectivity index is 2.68. The monoisotopic (exact) mass is 188 g/mol. The van der Waals surface area contributed by atoms with Crippen LogP contribution in [0.1, 0.15) is 9.67 Å². The van der Waals surface area contributed by atoms with Crippen molar-refractivity contribution in [3.8, 4) is 0 Å². The van der Waals surface area contributed by atoms with Gasteiger partial charge >= 0.3 is 5.97 Å². The van der Waals surface area contributed by atoms with Gasteiger partial charge in [0.1, 0.15) is 12.7 Å². The van der Waals surface area contributed by atoms with Crippen molar-refractivity contribution in [2.75, 3.05) is 0 Å². The molecule has 0 saturated carbocycles. The van der Waals surface area contributed by atoms with Crippen molar-refractivity contribution in [2.24, 2.45) is 0 Å². The Hall–Kier alpha value is -1.29. The average molecular weight is 188 g/mol. The number of fused-ring (bicyclic) bond motifs is 1. The third-order valence-electron chi connectivity index (χ3n) is 1.75. The minimum atomic E-state index is -0.889. The highest BCUT2D eigenvalue weighted by Gasteiger charge is 2.07. The molecular weight excluding hydrogens is 183 g/mol. The van der Waals surface area contributed by atoms with Gasteiger partial charge in [-0.2, -0.15) is 0 Å². The third kappa shape index (κ3) is 1.45. The molecule has 0 bridgehead atoms. The van der Waals surface area contributed by atoms with Crippen molar-refractivity contribution in [1.82, 2.24) is 0 Å². The van der Waals surface area contributed by atoms with E-state index in [1.54, 1.807) is 18.2 Å². The Morgan fingerprint density at radius 2 is 2.15 bits per heavy atom. The van der Waals surface area contributed by atoms with E-state index in [4.69, 9.17) is 13.0 Å². The summed E-state index contributed by atoms with van der Waals surface area (Å²) in [5, 5.41) is 9.66. The van der Waals surface area contributed by atoms with Crippen LogP contribution in [0.2, 0.25) is 0 Å². The predicted octanol–water partition coefficient (Wildman–Crippen LogP) is 1.39. The first-order chi connectivity index (χ1) is 6.16. The molecule has 13 heavy (non-hydrogen) atoms. The number of aromatic carboxylic acids is 1. The van der Waals surface area contributed by atoms with Crippen LogP contribution in [0, 0.1) is 0 Å². The number of hydrogen-bond donors (Lipinski definition) is 1. The zero-order valence-corrected chi connectivity index (χ0v) is 7.47. The Labute approximate surface area is 80.2 Å². The minimum absolute atomic E-state index is 0.348. The van der Waals surface area contributed by atoms with E-state index in [1.165, 1.54) is 11.3 Å². The summed E-state index contributed by atoms with van der Waals surface area (Å²) in [5.41, 5.74) is 0.659. The van der Waals surface area contributed by atoms with Crippen LogP contribution in [0.4, 0.5) is 0 Å². The quantitative estimate of drug-likeness (QED) is 0.686. The zero-order chi connectivity index (χ0) is 9.42. The van der Waals surface area contributed by atoms with Crippen molar-refractivity contribution in [3.05, 3.63) is 29.1 Å². The molecule has 2 radical (unpaired) electrons. The van der Waals surface area contributed by atoms with E-state index in [-0.39, 0.29) is 0 Å². The second-order valence-corrected chi connectivity index (χ2v) is 3.80. The number of rotatable bonds is 1. The molecule has 0 aliphatic carbocycles. The van der Waals surface area contributed by atoms with Crippen LogP contribution in [-0.4, -0.2) is 18.9 Å². The molecule has 0 saturated heterocycles. The molecule has 0 aliphatic heterocycles. The topological polar surface area (TPSA) is 37.3 Å². The number of thiophene rings is 1. The Morgan fingerprint density at radius 3 is 2.85 bits per heavy atom. The minimum Gasteiger partial charge on any atom is -0.477 e. The average Bonchev–Trinajstić information content (AvgIpc) is 2.46. The summed E-state index contributed by atoms with van der Waals surface area (Å²) in [6.45, 7) is 0. The standard InChI is InChI=1S/C9H5BO2S/c10-6-2-1-5-3-8(9(11)12)13-7(5)4-6/h1-4H,(H,11,12). The van der Waals surface area contributed by atoms with Crippen LogP contribution in [0.15, 0.2) is 24.3 Å². The van der Waals surface area contributed by atoms with Gasteiger partial charge in [-0.1, -0.05) is 23.7 Å². The van der Waals surface area contributed by atoms with E-state index >= 15 is 0 Å². The molecule has 1 N–H and O–H groups in total. The van der Waals surface area contributed by atoms with Crippen molar-refractivity contribution in [2.45, 2.75) is 0 Å². The molecule has 1 heterocycles. The molecule has 2 rings (SSSR count). The second-order valence-electron chi connectivity index (χ2n) is 2.71. The Kier molecular flexibility index (Phi) is 1.85. The molecule has 2 aromatic rings. The summed E-state index contributed by atoms with van der Waals surface area (Å²) in [7, 11) is 5.57. The fourth-order valence-electron chi connectivity index (χ4n) is 1.15. The number of carbonyl (C=O) groups is 1. The second kappa shape index (κ2) is 2.89. The van der Waals surface area contributed by atoms with Gasteiger partial charge in [-0.25, -0.2) is 4.79 Å². The number of carboxylic acids is 1. The van der Waals surface area contributed by atoms with Gasteiger partial charge in [-0.15, -0.1) is 11.3 Å². The molecule has 2 nitrogen and oxygen atoms in total. The molecule has 0 unspecified atom stereocenters. The van der Waals surface area contributed by atoms with E-state index in [1.807, 2.05) is 6.07 Å². The fourth-order valence-corrected chi connectivity index (χ4v) is 2.10. The highest BCUT2D eigenvalue weighted by Crippen LogP contribution is 2.24. The summed E-state index contributed by atoms with van der Waals surface area (Å²) in [5.74, 6) is -0.889. The third-order valence-corrected chi connectivity index (χ3v) is 2.84. The molecule has 4 heteroatoms. The lowest BCUT2D eigenvalue weighted by atomic mass is 9.96. The van der Waals surface area contributed by atoms with Gasteiger partial charge in [0.15, 0.2) is 0 Å². The van der Waals surface area contributed by atoms with Crippen molar-refractivity contribution < 1.29 is 9.90 Å². The maximum Gasteiger partial charge on any atom is 0.345 e. The van der Waals surface area contributed by atoms with Crippen LogP contribution < -0.4 is 5.46 Å². The van der Waals surface area contributed by atoms with Gasteiger partial charge in [-0.05, 0) is 11.5 Å². The SMILES string of the molecule is [B]c1ccc2cc(C(=O)O)sc2c1. The maximum atomic E-state index is 10.6. The van der Waals surface area contributed by atoms with Gasteiger partial charge in [0.2, 0.25) is 0 Å². The molecule has 1 aromatic carbocycles. The molecule has 0 spiro atoms. The lowest BCUT2D eigenvalue weighted by Gasteiger charge is -1.90. The zero-order valence-electron chi connectivity index (χ0n) is 6.65. The first kappa shape index (κ1) is 8.32. The van der Waals surface area contributed by atoms with Crippen molar-refractivity contribution in [1.29, 1.82) is 0 Å². The summed E-state index contributed by atoms with van der Waals surface area (Å²) in [6.07, 6.45) is 0. The first-order valence-corrected chi connectivity index (χ1v) is 4.51. The largest absolute Gasteiger partial charge is 0.477 e. The first-order valence-electron chi connectivity index (χ1n) is 3.69. The van der Waals surface area contributed by atoms with Gasteiger partial charge in [-0.3, -0.25) is 0 Å². The Bertz CT molecular complexity index is 475. The van der Waals surface area contributed by atoms with E-state index in [2.05, 4.69) is 0 Å². The van der Waals surface area contributed by atoms with Gasteiger partial charge in [0.05, 0.1) is 0 Å². The molecular formula is C9H5BO2S. The normalized spacial score (nSPS) is 10.5. The molecule has 62 valence electrons. The van der Waals surface area contributed by atoms with Gasteiger partial charge < -0.3 is 5.11 Å². The predicted molar refractivity (Wildman–Crippen MR) is 54.2 cm³/mol. The van der Waals surface area contributed by atoms with Crippen LogP contribution in [0.3, 0.4) is 0 Å². The number of carboxylic acid groups (broad SMARTS) is 1. The van der Waals surface area contributed by atoms with E-state index in [0.717, 1.165) is 10.1 Å². The van der Waals surface area contributed by atoms with Crippen molar-refractivity contribution >= 4 is 40.7 Å². The van der Waals surface area contributed by atoms with Crippen LogP contribution in [-0.2, 0) is 0 Å². The van der Waals surface area contributed by atoms with Crippen molar-refractivity contribution in [3.63, 3.8) is 0 Å². The molecule has 0 aliphatic rings. The van der Waals surface area contributed by atoms with Gasteiger partial charge in [0, 0.05) is 4.70 Å². The number of benzene rings is 1. The summed E-state index contributed by atoms with van der Waals surface area (Å²) in [6, 6.07) is 7.03. The lowest BCUT2D eigenvalue weighted by molar-refractivity contribution is 0.0702. The van der Waals surface area contributed by atoms with Crippen LogP contribution in [0.5, 0.6) is 0 Å². The highest BCUT2D eigenvalue weighted by atomic mass is 32.1. The summed E-state index contributed by atoms with van der Waals surface area (Å²) < 4.78 is 0.914. The van der Waals surface area contributed by atoms with Crippen LogP contribution >= 0.6 is 11.3 Å². The maximum absolute atomic E-state index is 10.6. The highest BCUT2D eigenvalue weighted by molar-refractivity contribution is 7.20. The molecule has 1 aromatic heterocycles. The van der Waals surface area contributed by atoms with E-state index < -0.39 is 5.97 Å². The van der Waals surface area contributed by atoms with Crippen LogP contribution in [0.25, 0.3) is 10.1 Å². The van der Waals surface area contributed by atoms with E-state index in [9.17, 15) is 4.79 Å². The summed E-state index contributed by atoms with van der Waals surface area (Å²) in [4.78, 5) is 11.0.